The lowest BCUT2D eigenvalue weighted by atomic mass is 9.78. The van der Waals surface area contributed by atoms with E-state index in [1.807, 2.05) is 41.5 Å². The maximum atomic E-state index is 14.9. The van der Waals surface area contributed by atoms with Gasteiger partial charge in [0, 0.05) is 5.46 Å². The fourth-order valence-electron chi connectivity index (χ4n) is 2.71. The zero-order valence-electron chi connectivity index (χ0n) is 17.9. The summed E-state index contributed by atoms with van der Waals surface area (Å²) in [6.45, 7) is 12.4. The van der Waals surface area contributed by atoms with Crippen LogP contribution in [0.5, 0.6) is 5.75 Å². The highest BCUT2D eigenvalue weighted by Crippen LogP contribution is 2.37. The van der Waals surface area contributed by atoms with Crippen LogP contribution in [-0.2, 0) is 14.0 Å². The Kier molecular flexibility index (Phi) is 7.51. The first-order valence-electron chi connectivity index (χ1n) is 10.1. The molecule has 1 aromatic carbocycles. The molecule has 0 saturated carbocycles. The van der Waals surface area contributed by atoms with Crippen molar-refractivity contribution in [1.82, 2.24) is 0 Å². The summed E-state index contributed by atoms with van der Waals surface area (Å²) in [5, 5.41) is 0. The molecule has 1 heterocycles. The highest BCUT2D eigenvalue weighted by atomic mass is 19.1. The lowest BCUT2D eigenvalue weighted by molar-refractivity contribution is 0.00578. The van der Waals surface area contributed by atoms with Gasteiger partial charge in [0.05, 0.1) is 24.4 Å². The molecule has 5 nitrogen and oxygen atoms in total. The van der Waals surface area contributed by atoms with Gasteiger partial charge in [-0.1, -0.05) is 26.7 Å². The minimum Gasteiger partial charge on any atom is -0.493 e. The van der Waals surface area contributed by atoms with Crippen LogP contribution in [0.1, 0.15) is 77.6 Å². The largest absolute Gasteiger partial charge is 0.497 e. The predicted octanol–water partition coefficient (Wildman–Crippen LogP) is 4.26. The summed E-state index contributed by atoms with van der Waals surface area (Å²) in [7, 11) is -0.872. The van der Waals surface area contributed by atoms with E-state index >= 15 is 0 Å². The second kappa shape index (κ2) is 9.27. The SMILES string of the molecule is CCCCOC(=O)c1cc(F)c(B2OC(C)(C)C(C)(C)O2)cc1OCCCC. The van der Waals surface area contributed by atoms with Crippen LogP contribution in [0.15, 0.2) is 12.1 Å². The molecule has 0 amide bonds. The van der Waals surface area contributed by atoms with Crippen molar-refractivity contribution in [3.8, 4) is 5.75 Å². The standard InChI is InChI=1S/C21H32BFO5/c1-7-9-11-25-18-14-16(22-27-20(3,4)21(5,6)28-22)17(23)13-15(18)19(24)26-12-10-8-2/h13-14H,7-12H2,1-6H3. The minimum absolute atomic E-state index is 0.0879. The number of esters is 1. The highest BCUT2D eigenvalue weighted by molar-refractivity contribution is 6.62. The number of rotatable bonds is 9. The summed E-state index contributed by atoms with van der Waals surface area (Å²) in [5.41, 5.74) is -0.879. The topological polar surface area (TPSA) is 54.0 Å². The summed E-state index contributed by atoms with van der Waals surface area (Å²) < 4.78 is 37.9. The molecule has 1 saturated heterocycles. The second-order valence-electron chi connectivity index (χ2n) is 8.15. The van der Waals surface area contributed by atoms with Gasteiger partial charge in [0.2, 0.25) is 0 Å². The molecular formula is C21H32BFO5. The molecule has 1 aromatic rings. The first-order chi connectivity index (χ1) is 13.1. The minimum atomic E-state index is -0.872. The molecule has 0 spiro atoms. The maximum Gasteiger partial charge on any atom is 0.497 e. The van der Waals surface area contributed by atoms with E-state index in [-0.39, 0.29) is 11.0 Å². The van der Waals surface area contributed by atoms with Crippen molar-refractivity contribution in [2.24, 2.45) is 0 Å². The van der Waals surface area contributed by atoms with Crippen molar-refractivity contribution in [2.45, 2.75) is 78.4 Å². The van der Waals surface area contributed by atoms with E-state index in [0.29, 0.717) is 19.0 Å². The Balaban J connectivity index is 2.33. The van der Waals surface area contributed by atoms with Gasteiger partial charge in [-0.25, -0.2) is 9.18 Å². The van der Waals surface area contributed by atoms with Gasteiger partial charge in [0.1, 0.15) is 17.1 Å². The van der Waals surface area contributed by atoms with Crippen LogP contribution in [0.25, 0.3) is 0 Å². The smallest absolute Gasteiger partial charge is 0.493 e. The normalized spacial score (nSPS) is 17.6. The molecule has 0 radical (unpaired) electrons. The third kappa shape index (κ3) is 5.06. The first kappa shape index (κ1) is 22.7. The van der Waals surface area contributed by atoms with Gasteiger partial charge in [0.15, 0.2) is 0 Å². The van der Waals surface area contributed by atoms with Gasteiger partial charge >= 0.3 is 13.1 Å². The van der Waals surface area contributed by atoms with Gasteiger partial charge in [0.25, 0.3) is 0 Å². The van der Waals surface area contributed by atoms with Crippen molar-refractivity contribution < 1.29 is 28.0 Å². The molecule has 7 heteroatoms. The number of halogens is 1. The Morgan fingerprint density at radius 1 is 1.04 bits per heavy atom. The molecule has 0 bridgehead atoms. The Labute approximate surface area is 168 Å². The number of carbonyl (C=O) groups excluding carboxylic acids is 1. The van der Waals surface area contributed by atoms with Crippen molar-refractivity contribution in [2.75, 3.05) is 13.2 Å². The van der Waals surface area contributed by atoms with E-state index in [1.54, 1.807) is 0 Å². The van der Waals surface area contributed by atoms with Crippen LogP contribution in [-0.4, -0.2) is 37.5 Å². The highest BCUT2D eigenvalue weighted by Gasteiger charge is 2.52. The maximum absolute atomic E-state index is 14.9. The average Bonchev–Trinajstić information content (AvgIpc) is 2.83. The molecule has 0 atom stereocenters. The fourth-order valence-corrected chi connectivity index (χ4v) is 2.71. The van der Waals surface area contributed by atoms with E-state index in [1.165, 1.54) is 6.07 Å². The Morgan fingerprint density at radius 3 is 2.18 bits per heavy atom. The molecule has 2 rings (SSSR count). The number of benzene rings is 1. The summed E-state index contributed by atoms with van der Waals surface area (Å²) in [5.74, 6) is -0.871. The summed E-state index contributed by atoms with van der Waals surface area (Å²) in [6.07, 6.45) is 3.43. The molecular weight excluding hydrogens is 362 g/mol. The molecule has 0 N–H and O–H groups in total. The van der Waals surface area contributed by atoms with Gasteiger partial charge in [-0.3, -0.25) is 0 Å². The number of carbonyl (C=O) groups is 1. The van der Waals surface area contributed by atoms with Crippen molar-refractivity contribution in [3.05, 3.63) is 23.5 Å². The third-order valence-corrected chi connectivity index (χ3v) is 5.31. The number of ether oxygens (including phenoxy) is 2. The van der Waals surface area contributed by atoms with Crippen molar-refractivity contribution >= 4 is 18.6 Å². The second-order valence-corrected chi connectivity index (χ2v) is 8.15. The van der Waals surface area contributed by atoms with E-state index < -0.39 is 30.1 Å². The molecule has 28 heavy (non-hydrogen) atoms. The molecule has 1 aliphatic heterocycles. The van der Waals surface area contributed by atoms with Crippen molar-refractivity contribution in [3.63, 3.8) is 0 Å². The van der Waals surface area contributed by atoms with Gasteiger partial charge in [-0.05, 0) is 52.7 Å². The van der Waals surface area contributed by atoms with Crippen LogP contribution in [0.2, 0.25) is 0 Å². The van der Waals surface area contributed by atoms with Crippen LogP contribution in [0.3, 0.4) is 0 Å². The number of hydrogen-bond acceptors (Lipinski definition) is 5. The Morgan fingerprint density at radius 2 is 1.61 bits per heavy atom. The van der Waals surface area contributed by atoms with Crippen LogP contribution in [0, 0.1) is 5.82 Å². The van der Waals surface area contributed by atoms with E-state index in [0.717, 1.165) is 31.7 Å². The molecule has 0 aliphatic carbocycles. The Hall–Kier alpha value is -1.60. The summed E-state index contributed by atoms with van der Waals surface area (Å²) in [4.78, 5) is 12.4. The van der Waals surface area contributed by atoms with Crippen LogP contribution in [0.4, 0.5) is 4.39 Å². The van der Waals surface area contributed by atoms with Gasteiger partial charge in [-0.2, -0.15) is 0 Å². The first-order valence-corrected chi connectivity index (χ1v) is 10.1. The number of unbranched alkanes of at least 4 members (excludes halogenated alkanes) is 2. The quantitative estimate of drug-likeness (QED) is 0.356. The van der Waals surface area contributed by atoms with E-state index in [2.05, 4.69) is 0 Å². The molecule has 0 unspecified atom stereocenters. The molecule has 1 aliphatic rings. The predicted molar refractivity (Wildman–Crippen MR) is 108 cm³/mol. The average molecular weight is 394 g/mol. The monoisotopic (exact) mass is 394 g/mol. The van der Waals surface area contributed by atoms with Gasteiger partial charge < -0.3 is 18.8 Å². The van der Waals surface area contributed by atoms with Crippen LogP contribution < -0.4 is 10.2 Å². The van der Waals surface area contributed by atoms with Gasteiger partial charge in [-0.15, -0.1) is 0 Å². The zero-order chi connectivity index (χ0) is 20.9. The molecule has 156 valence electrons. The summed E-state index contributed by atoms with van der Waals surface area (Å²) in [6, 6.07) is 2.67. The fraction of sp³-hybridized carbons (Fsp3) is 0.667. The zero-order valence-corrected chi connectivity index (χ0v) is 17.9. The molecule has 0 aromatic heterocycles. The molecule has 1 fully saturated rings. The lowest BCUT2D eigenvalue weighted by Crippen LogP contribution is -2.41. The van der Waals surface area contributed by atoms with Crippen molar-refractivity contribution in [1.29, 1.82) is 0 Å². The van der Waals surface area contributed by atoms with Crippen LogP contribution >= 0.6 is 0 Å². The third-order valence-electron chi connectivity index (χ3n) is 5.31. The summed E-state index contributed by atoms with van der Waals surface area (Å²) >= 11 is 0. The van der Waals surface area contributed by atoms with E-state index in [9.17, 15) is 9.18 Å². The number of hydrogen-bond donors (Lipinski definition) is 0. The van der Waals surface area contributed by atoms with E-state index in [4.69, 9.17) is 18.8 Å². The Bertz CT molecular complexity index is 674. The lowest BCUT2D eigenvalue weighted by Gasteiger charge is -2.32.